The molecule has 4 heteroatoms. The summed E-state index contributed by atoms with van der Waals surface area (Å²) in [7, 11) is 0. The van der Waals surface area contributed by atoms with Gasteiger partial charge in [-0.1, -0.05) is 30.3 Å². The van der Waals surface area contributed by atoms with Crippen LogP contribution in [0.15, 0.2) is 42.6 Å². The van der Waals surface area contributed by atoms with Gasteiger partial charge >= 0.3 is 0 Å². The first kappa shape index (κ1) is 11.2. The van der Waals surface area contributed by atoms with Gasteiger partial charge < -0.3 is 10.4 Å². The monoisotopic (exact) mass is 326 g/mol. The molecule has 16 heavy (non-hydrogen) atoms. The second kappa shape index (κ2) is 5.16. The molecular weight excluding hydrogens is 315 g/mol. The summed E-state index contributed by atoms with van der Waals surface area (Å²) in [5, 5.41) is 12.7. The van der Waals surface area contributed by atoms with E-state index in [2.05, 4.69) is 45.0 Å². The van der Waals surface area contributed by atoms with E-state index in [1.54, 1.807) is 6.20 Å². The van der Waals surface area contributed by atoms with Gasteiger partial charge in [0.1, 0.15) is 0 Å². The molecule has 1 aromatic carbocycles. The van der Waals surface area contributed by atoms with Crippen molar-refractivity contribution in [3.63, 3.8) is 0 Å². The molecule has 0 aliphatic heterocycles. The Labute approximate surface area is 108 Å². The lowest BCUT2D eigenvalue weighted by molar-refractivity contribution is 0.450. The van der Waals surface area contributed by atoms with Gasteiger partial charge in [0.05, 0.1) is 9.26 Å². The van der Waals surface area contributed by atoms with E-state index < -0.39 is 0 Å². The SMILES string of the molecule is Oc1nccc(NCc2ccccc2)c1I. The molecule has 0 saturated carbocycles. The Morgan fingerprint density at radius 3 is 2.69 bits per heavy atom. The Morgan fingerprint density at radius 2 is 1.94 bits per heavy atom. The van der Waals surface area contributed by atoms with Crippen molar-refractivity contribution in [2.24, 2.45) is 0 Å². The fourth-order valence-corrected chi connectivity index (χ4v) is 1.87. The summed E-state index contributed by atoms with van der Waals surface area (Å²) in [4.78, 5) is 3.80. The highest BCUT2D eigenvalue weighted by Crippen LogP contribution is 2.24. The number of anilines is 1. The van der Waals surface area contributed by atoms with Crippen molar-refractivity contribution in [3.8, 4) is 5.88 Å². The number of hydrogen-bond acceptors (Lipinski definition) is 3. The minimum atomic E-state index is 0.0682. The Morgan fingerprint density at radius 1 is 1.19 bits per heavy atom. The average Bonchev–Trinajstić information content (AvgIpc) is 2.32. The third kappa shape index (κ3) is 2.63. The molecule has 2 aromatic rings. The fraction of sp³-hybridized carbons (Fsp3) is 0.0833. The van der Waals surface area contributed by atoms with Crippen LogP contribution in [0, 0.1) is 3.57 Å². The molecule has 0 spiro atoms. The van der Waals surface area contributed by atoms with E-state index >= 15 is 0 Å². The van der Waals surface area contributed by atoms with Crippen LogP contribution in [0.2, 0.25) is 0 Å². The molecule has 2 rings (SSSR count). The maximum Gasteiger partial charge on any atom is 0.226 e. The van der Waals surface area contributed by atoms with E-state index in [0.29, 0.717) is 0 Å². The highest BCUT2D eigenvalue weighted by atomic mass is 127. The van der Waals surface area contributed by atoms with Crippen molar-refractivity contribution >= 4 is 28.3 Å². The molecule has 1 aromatic heterocycles. The largest absolute Gasteiger partial charge is 0.492 e. The van der Waals surface area contributed by atoms with E-state index in [9.17, 15) is 5.11 Å². The van der Waals surface area contributed by atoms with Gasteiger partial charge in [-0.15, -0.1) is 0 Å². The van der Waals surface area contributed by atoms with Gasteiger partial charge in [-0.2, -0.15) is 0 Å². The average molecular weight is 326 g/mol. The molecule has 1 heterocycles. The summed E-state index contributed by atoms with van der Waals surface area (Å²) >= 11 is 2.07. The predicted molar refractivity (Wildman–Crippen MR) is 72.4 cm³/mol. The van der Waals surface area contributed by atoms with Gasteiger partial charge in [0.2, 0.25) is 5.88 Å². The molecule has 0 fully saturated rings. The first-order valence-corrected chi connectivity index (χ1v) is 5.96. The molecule has 2 N–H and O–H groups in total. The molecule has 0 saturated heterocycles. The molecule has 0 aliphatic rings. The van der Waals surface area contributed by atoms with Crippen LogP contribution in [0.25, 0.3) is 0 Å². The topological polar surface area (TPSA) is 45.2 Å². The first-order valence-electron chi connectivity index (χ1n) is 4.88. The Kier molecular flexibility index (Phi) is 3.61. The number of nitrogens with one attached hydrogen (secondary N) is 1. The summed E-state index contributed by atoms with van der Waals surface area (Å²) in [5.74, 6) is 0.0682. The summed E-state index contributed by atoms with van der Waals surface area (Å²) in [5.41, 5.74) is 2.10. The third-order valence-corrected chi connectivity index (χ3v) is 3.26. The number of benzene rings is 1. The van der Waals surface area contributed by atoms with Crippen molar-refractivity contribution in [1.29, 1.82) is 0 Å². The molecule has 0 bridgehead atoms. The molecule has 0 aliphatic carbocycles. The van der Waals surface area contributed by atoms with Crippen LogP contribution in [0.5, 0.6) is 5.88 Å². The molecule has 0 unspecified atom stereocenters. The number of hydrogen-bond donors (Lipinski definition) is 2. The Bertz CT molecular complexity index is 474. The van der Waals surface area contributed by atoms with Gasteiger partial charge in [-0.05, 0) is 34.2 Å². The maximum atomic E-state index is 9.44. The zero-order chi connectivity index (χ0) is 11.4. The van der Waals surface area contributed by atoms with Crippen LogP contribution < -0.4 is 5.32 Å². The van der Waals surface area contributed by atoms with E-state index in [1.807, 2.05) is 24.3 Å². The van der Waals surface area contributed by atoms with Crippen molar-refractivity contribution < 1.29 is 5.11 Å². The number of rotatable bonds is 3. The van der Waals surface area contributed by atoms with E-state index in [-0.39, 0.29) is 5.88 Å². The number of aromatic nitrogens is 1. The first-order chi connectivity index (χ1) is 7.77. The summed E-state index contributed by atoms with van der Waals surface area (Å²) < 4.78 is 0.746. The summed E-state index contributed by atoms with van der Waals surface area (Å²) in [6.45, 7) is 0.736. The van der Waals surface area contributed by atoms with E-state index in [0.717, 1.165) is 15.8 Å². The summed E-state index contributed by atoms with van der Waals surface area (Å²) in [6.07, 6.45) is 1.59. The van der Waals surface area contributed by atoms with Crippen molar-refractivity contribution in [1.82, 2.24) is 4.98 Å². The van der Waals surface area contributed by atoms with Gasteiger partial charge in [0.15, 0.2) is 0 Å². The van der Waals surface area contributed by atoms with Crippen molar-refractivity contribution in [2.45, 2.75) is 6.54 Å². The second-order valence-electron chi connectivity index (χ2n) is 3.34. The highest BCUT2D eigenvalue weighted by Gasteiger charge is 2.04. The fourth-order valence-electron chi connectivity index (χ4n) is 1.36. The zero-order valence-corrected chi connectivity index (χ0v) is 10.7. The van der Waals surface area contributed by atoms with Crippen LogP contribution in [0.1, 0.15) is 5.56 Å². The molecule has 3 nitrogen and oxygen atoms in total. The van der Waals surface area contributed by atoms with Crippen LogP contribution in [-0.4, -0.2) is 10.1 Å². The highest BCUT2D eigenvalue weighted by molar-refractivity contribution is 14.1. The minimum Gasteiger partial charge on any atom is -0.492 e. The second-order valence-corrected chi connectivity index (χ2v) is 4.41. The Balaban J connectivity index is 2.08. The molecule has 0 amide bonds. The Hall–Kier alpha value is -1.30. The lowest BCUT2D eigenvalue weighted by atomic mass is 10.2. The lowest BCUT2D eigenvalue weighted by Crippen LogP contribution is -2.01. The quantitative estimate of drug-likeness (QED) is 0.853. The van der Waals surface area contributed by atoms with Crippen LogP contribution in [0.4, 0.5) is 5.69 Å². The van der Waals surface area contributed by atoms with Gasteiger partial charge in [-0.3, -0.25) is 0 Å². The van der Waals surface area contributed by atoms with E-state index in [4.69, 9.17) is 0 Å². The van der Waals surface area contributed by atoms with E-state index in [1.165, 1.54) is 5.56 Å². The van der Waals surface area contributed by atoms with Gasteiger partial charge in [0, 0.05) is 12.7 Å². The molecule has 0 radical (unpaired) electrons. The molecule has 0 atom stereocenters. The lowest BCUT2D eigenvalue weighted by Gasteiger charge is -2.08. The molecule has 82 valence electrons. The van der Waals surface area contributed by atoms with Gasteiger partial charge in [-0.25, -0.2) is 4.98 Å². The van der Waals surface area contributed by atoms with Crippen molar-refractivity contribution in [2.75, 3.05) is 5.32 Å². The summed E-state index contributed by atoms with van der Waals surface area (Å²) in [6, 6.07) is 12.0. The standard InChI is InChI=1S/C12H11IN2O/c13-11-10(6-7-14-12(11)16)15-8-9-4-2-1-3-5-9/h1-7H,8H2,(H2,14,15,16). The smallest absolute Gasteiger partial charge is 0.226 e. The third-order valence-electron chi connectivity index (χ3n) is 2.20. The van der Waals surface area contributed by atoms with Crippen molar-refractivity contribution in [3.05, 3.63) is 51.7 Å². The van der Waals surface area contributed by atoms with Gasteiger partial charge in [0.25, 0.3) is 0 Å². The minimum absolute atomic E-state index is 0.0682. The number of aromatic hydroxyl groups is 1. The maximum absolute atomic E-state index is 9.44. The normalized spacial score (nSPS) is 10.1. The number of halogens is 1. The predicted octanol–water partition coefficient (Wildman–Crippen LogP) is 3.00. The van der Waals surface area contributed by atoms with Crippen LogP contribution in [-0.2, 0) is 6.54 Å². The number of nitrogens with zero attached hydrogens (tertiary/aromatic N) is 1. The van der Waals surface area contributed by atoms with Crippen LogP contribution in [0.3, 0.4) is 0 Å². The molecular formula is C12H11IN2O. The zero-order valence-electron chi connectivity index (χ0n) is 8.52. The van der Waals surface area contributed by atoms with Crippen LogP contribution >= 0.6 is 22.6 Å². The number of pyridine rings is 1.